The van der Waals surface area contributed by atoms with Crippen LogP contribution in [0.4, 0.5) is 0 Å². The molecule has 0 aliphatic heterocycles. The Hall–Kier alpha value is -0.950. The molecule has 0 saturated heterocycles. The normalized spacial score (nSPS) is 13.5. The summed E-state index contributed by atoms with van der Waals surface area (Å²) in [5.74, 6) is 0. The third-order valence-electron chi connectivity index (χ3n) is 2.97. The largest absolute Gasteiger partial charge is 0.392 e. The maximum absolute atomic E-state index is 12.3. The number of rotatable bonds is 7. The van der Waals surface area contributed by atoms with Crippen molar-refractivity contribution in [2.24, 2.45) is 0 Å². The van der Waals surface area contributed by atoms with Crippen molar-refractivity contribution in [2.45, 2.75) is 37.8 Å². The Bertz CT molecular complexity index is 513. The molecule has 1 atom stereocenters. The van der Waals surface area contributed by atoms with Gasteiger partial charge in [0.2, 0.25) is 10.0 Å². The van der Waals surface area contributed by atoms with Gasteiger partial charge in [-0.15, -0.1) is 0 Å². The number of hydrogen-bond acceptors (Lipinski definition) is 4. The van der Waals surface area contributed by atoms with Crippen molar-refractivity contribution < 1.29 is 18.3 Å². The molecule has 0 radical (unpaired) electrons. The number of methoxy groups -OCH3 is 1. The first-order valence-electron chi connectivity index (χ1n) is 6.13. The summed E-state index contributed by atoms with van der Waals surface area (Å²) in [4.78, 5) is 0.211. The maximum atomic E-state index is 12.3. The van der Waals surface area contributed by atoms with Crippen LogP contribution in [0.15, 0.2) is 23.1 Å². The topological polar surface area (TPSA) is 75.6 Å². The molecule has 6 heteroatoms. The first-order chi connectivity index (χ1) is 8.92. The average Bonchev–Trinajstić information content (AvgIpc) is 2.35. The lowest BCUT2D eigenvalue weighted by Gasteiger charge is -2.16. The van der Waals surface area contributed by atoms with Gasteiger partial charge in [-0.2, -0.15) is 0 Å². The number of ether oxygens (including phenoxy) is 1. The molecule has 1 aromatic rings. The van der Waals surface area contributed by atoms with Crippen LogP contribution < -0.4 is 4.72 Å². The van der Waals surface area contributed by atoms with E-state index in [2.05, 4.69) is 4.72 Å². The molecule has 0 amide bonds. The summed E-state index contributed by atoms with van der Waals surface area (Å²) in [6.07, 6.45) is 0.606. The molecular weight excluding hydrogens is 266 g/mol. The Kier molecular flexibility index (Phi) is 5.93. The molecule has 0 fully saturated rings. The van der Waals surface area contributed by atoms with Gasteiger partial charge in [-0.1, -0.05) is 12.1 Å². The summed E-state index contributed by atoms with van der Waals surface area (Å²) < 4.78 is 32.1. The molecule has 0 aromatic heterocycles. The smallest absolute Gasteiger partial charge is 0.241 e. The first kappa shape index (κ1) is 16.1. The van der Waals surface area contributed by atoms with Gasteiger partial charge in [-0.05, 0) is 37.5 Å². The predicted octanol–water partition coefficient (Wildman–Crippen LogP) is 1.19. The number of aliphatic hydroxyl groups excluding tert-OH is 1. The maximum Gasteiger partial charge on any atom is 0.241 e. The first-order valence-corrected chi connectivity index (χ1v) is 7.61. The number of hydrogen-bond donors (Lipinski definition) is 2. The van der Waals surface area contributed by atoms with E-state index in [0.717, 1.165) is 0 Å². The average molecular weight is 287 g/mol. The van der Waals surface area contributed by atoms with Gasteiger partial charge in [-0.25, -0.2) is 13.1 Å². The van der Waals surface area contributed by atoms with Crippen LogP contribution in [0.3, 0.4) is 0 Å². The van der Waals surface area contributed by atoms with Crippen LogP contribution in [0, 0.1) is 6.92 Å². The van der Waals surface area contributed by atoms with Crippen LogP contribution in [0.2, 0.25) is 0 Å². The lowest BCUT2D eigenvalue weighted by molar-refractivity contribution is 0.188. The zero-order chi connectivity index (χ0) is 14.5. The van der Waals surface area contributed by atoms with Gasteiger partial charge in [0.1, 0.15) is 0 Å². The number of nitrogens with one attached hydrogen (secondary N) is 1. The third-order valence-corrected chi connectivity index (χ3v) is 4.70. The minimum absolute atomic E-state index is 0.172. The summed E-state index contributed by atoms with van der Waals surface area (Å²) in [5, 5.41) is 9.17. The van der Waals surface area contributed by atoms with Crippen molar-refractivity contribution in [3.05, 3.63) is 29.3 Å². The third kappa shape index (κ3) is 4.28. The highest BCUT2D eigenvalue weighted by molar-refractivity contribution is 7.89. The van der Waals surface area contributed by atoms with E-state index >= 15 is 0 Å². The summed E-state index contributed by atoms with van der Waals surface area (Å²) in [5.41, 5.74) is 1.20. The molecule has 1 unspecified atom stereocenters. The number of aliphatic hydroxyl groups is 1. The quantitative estimate of drug-likeness (QED) is 0.790. The second-order valence-electron chi connectivity index (χ2n) is 4.50. The summed E-state index contributed by atoms with van der Waals surface area (Å²) in [6.45, 7) is 3.81. The van der Waals surface area contributed by atoms with Crippen molar-refractivity contribution in [3.8, 4) is 0 Å². The molecule has 0 spiro atoms. The van der Waals surface area contributed by atoms with E-state index in [-0.39, 0.29) is 17.5 Å². The summed E-state index contributed by atoms with van der Waals surface area (Å²) in [7, 11) is -1.99. The molecule has 1 aromatic carbocycles. The Labute approximate surface area is 114 Å². The van der Waals surface area contributed by atoms with E-state index in [4.69, 9.17) is 4.74 Å². The molecule has 0 aliphatic rings. The van der Waals surface area contributed by atoms with Gasteiger partial charge >= 0.3 is 0 Å². The van der Waals surface area contributed by atoms with Gasteiger partial charge in [0.15, 0.2) is 0 Å². The standard InChI is InChI=1S/C13H21NO4S/c1-10(7-8-18-3)14-19(16,17)13-6-4-5-12(9-15)11(13)2/h4-6,10,14-15H,7-9H2,1-3H3. The minimum Gasteiger partial charge on any atom is -0.392 e. The molecule has 0 aliphatic carbocycles. The van der Waals surface area contributed by atoms with Crippen molar-refractivity contribution in [1.82, 2.24) is 4.72 Å². The number of sulfonamides is 1. The summed E-state index contributed by atoms with van der Waals surface area (Å²) in [6, 6.07) is 4.68. The van der Waals surface area contributed by atoms with Gasteiger partial charge in [0, 0.05) is 19.8 Å². The molecule has 5 nitrogen and oxygen atoms in total. The Balaban J connectivity index is 2.94. The zero-order valence-electron chi connectivity index (χ0n) is 11.5. The fraction of sp³-hybridized carbons (Fsp3) is 0.538. The Morgan fingerprint density at radius 2 is 2.11 bits per heavy atom. The van der Waals surface area contributed by atoms with Crippen LogP contribution in [-0.2, 0) is 21.4 Å². The van der Waals surface area contributed by atoms with Crippen molar-refractivity contribution >= 4 is 10.0 Å². The molecule has 2 N–H and O–H groups in total. The van der Waals surface area contributed by atoms with E-state index in [1.165, 1.54) is 0 Å². The lowest BCUT2D eigenvalue weighted by Crippen LogP contribution is -2.33. The monoisotopic (exact) mass is 287 g/mol. The zero-order valence-corrected chi connectivity index (χ0v) is 12.3. The van der Waals surface area contributed by atoms with E-state index in [1.54, 1.807) is 39.2 Å². The molecule has 19 heavy (non-hydrogen) atoms. The van der Waals surface area contributed by atoms with Crippen molar-refractivity contribution in [3.63, 3.8) is 0 Å². The second-order valence-corrected chi connectivity index (χ2v) is 6.18. The molecule has 0 saturated carbocycles. The summed E-state index contributed by atoms with van der Waals surface area (Å²) >= 11 is 0. The van der Waals surface area contributed by atoms with E-state index in [9.17, 15) is 13.5 Å². The minimum atomic E-state index is -3.57. The van der Waals surface area contributed by atoms with Crippen LogP contribution in [0.25, 0.3) is 0 Å². The molecule has 0 heterocycles. The predicted molar refractivity (Wildman–Crippen MR) is 73.4 cm³/mol. The van der Waals surface area contributed by atoms with Crippen molar-refractivity contribution in [1.29, 1.82) is 0 Å². The molecular formula is C13H21NO4S. The van der Waals surface area contributed by atoms with E-state index in [0.29, 0.717) is 24.2 Å². The number of benzene rings is 1. The highest BCUT2D eigenvalue weighted by Gasteiger charge is 2.20. The van der Waals surface area contributed by atoms with Gasteiger partial charge in [0.05, 0.1) is 11.5 Å². The van der Waals surface area contributed by atoms with Gasteiger partial charge in [0.25, 0.3) is 0 Å². The van der Waals surface area contributed by atoms with Crippen LogP contribution in [0.5, 0.6) is 0 Å². The Morgan fingerprint density at radius 3 is 2.68 bits per heavy atom. The second kappa shape index (κ2) is 7.00. The lowest BCUT2D eigenvalue weighted by atomic mass is 10.1. The van der Waals surface area contributed by atoms with E-state index in [1.807, 2.05) is 0 Å². The van der Waals surface area contributed by atoms with Gasteiger partial charge in [-0.3, -0.25) is 0 Å². The Morgan fingerprint density at radius 1 is 1.42 bits per heavy atom. The highest BCUT2D eigenvalue weighted by atomic mass is 32.2. The fourth-order valence-electron chi connectivity index (χ4n) is 1.80. The van der Waals surface area contributed by atoms with Crippen LogP contribution >= 0.6 is 0 Å². The molecule has 0 bridgehead atoms. The van der Waals surface area contributed by atoms with E-state index < -0.39 is 10.0 Å². The SMILES string of the molecule is COCCC(C)NS(=O)(=O)c1cccc(CO)c1C. The van der Waals surface area contributed by atoms with Crippen molar-refractivity contribution in [2.75, 3.05) is 13.7 Å². The van der Waals surface area contributed by atoms with Gasteiger partial charge < -0.3 is 9.84 Å². The molecule has 1 rings (SSSR count). The van der Waals surface area contributed by atoms with Crippen LogP contribution in [0.1, 0.15) is 24.5 Å². The molecule has 108 valence electrons. The highest BCUT2D eigenvalue weighted by Crippen LogP contribution is 2.19. The van der Waals surface area contributed by atoms with Crippen LogP contribution in [-0.4, -0.2) is 33.3 Å². The fourth-order valence-corrected chi connectivity index (χ4v) is 3.37.